The predicted octanol–water partition coefficient (Wildman–Crippen LogP) is 3.58. The molecule has 0 unspecified atom stereocenters. The third kappa shape index (κ3) is 3.19. The largest absolute Gasteiger partial charge is 0.355 e. The number of amides is 1. The number of carbonyl (C=O) groups excluding carboxylic acids is 1. The first kappa shape index (κ1) is 21.1. The van der Waals surface area contributed by atoms with Crippen molar-refractivity contribution >= 4 is 34.8 Å². The van der Waals surface area contributed by atoms with Gasteiger partial charge in [0.1, 0.15) is 6.33 Å². The van der Waals surface area contributed by atoms with Crippen molar-refractivity contribution in [3.63, 3.8) is 0 Å². The summed E-state index contributed by atoms with van der Waals surface area (Å²) < 4.78 is 29.1. The van der Waals surface area contributed by atoms with Gasteiger partial charge in [-0.1, -0.05) is 18.2 Å². The smallest absolute Gasteiger partial charge is 0.290 e. The van der Waals surface area contributed by atoms with E-state index in [1.54, 1.807) is 4.57 Å². The Hall–Kier alpha value is -3.43. The molecule has 5 heterocycles. The van der Waals surface area contributed by atoms with Gasteiger partial charge in [0.15, 0.2) is 17.0 Å². The normalized spacial score (nSPS) is 20.4. The summed E-state index contributed by atoms with van der Waals surface area (Å²) in [6.07, 6.45) is 5.03. The molecule has 176 valence electrons. The molecule has 0 radical (unpaired) electrons. The number of benzene rings is 1. The summed E-state index contributed by atoms with van der Waals surface area (Å²) >= 11 is 0. The Labute approximate surface area is 195 Å². The van der Waals surface area contributed by atoms with Crippen LogP contribution in [0.5, 0.6) is 0 Å². The van der Waals surface area contributed by atoms with E-state index >= 15 is 0 Å². The molecule has 6 rings (SSSR count). The topological polar surface area (TPSA) is 79.5 Å². The van der Waals surface area contributed by atoms with E-state index in [1.165, 1.54) is 16.8 Å². The lowest BCUT2D eigenvalue weighted by Crippen LogP contribution is -2.43. The Kier molecular flexibility index (Phi) is 4.69. The molecule has 3 aromatic rings. The molecule has 1 spiro atoms. The van der Waals surface area contributed by atoms with Gasteiger partial charge in [-0.3, -0.25) is 9.79 Å². The summed E-state index contributed by atoms with van der Waals surface area (Å²) in [5.41, 5.74) is 3.33. The molecule has 0 bridgehead atoms. The van der Waals surface area contributed by atoms with Crippen LogP contribution in [-0.2, 0) is 12.0 Å². The zero-order chi connectivity index (χ0) is 23.5. The van der Waals surface area contributed by atoms with Crippen LogP contribution in [0.4, 0.5) is 20.3 Å². The Morgan fingerprint density at radius 2 is 1.88 bits per heavy atom. The summed E-state index contributed by atoms with van der Waals surface area (Å²) in [6, 6.07) is 8.27. The first-order valence-corrected chi connectivity index (χ1v) is 11.7. The summed E-state index contributed by atoms with van der Waals surface area (Å²) in [5.74, 6) is -2.52. The Balaban J connectivity index is 1.31. The number of rotatable bonds is 3. The fourth-order valence-corrected chi connectivity index (χ4v) is 5.46. The van der Waals surface area contributed by atoms with E-state index < -0.39 is 18.4 Å². The minimum atomic E-state index is -2.85. The van der Waals surface area contributed by atoms with Gasteiger partial charge in [-0.2, -0.15) is 0 Å². The summed E-state index contributed by atoms with van der Waals surface area (Å²) in [7, 11) is 0. The average Bonchev–Trinajstić information content (AvgIpc) is 3.52. The van der Waals surface area contributed by atoms with E-state index in [-0.39, 0.29) is 24.2 Å². The fraction of sp³-hybridized carbons (Fsp3) is 0.458. The quantitative estimate of drug-likeness (QED) is 0.591. The van der Waals surface area contributed by atoms with E-state index in [4.69, 9.17) is 0 Å². The highest BCUT2D eigenvalue weighted by atomic mass is 19.3. The van der Waals surface area contributed by atoms with Gasteiger partial charge < -0.3 is 14.4 Å². The Morgan fingerprint density at radius 1 is 1.09 bits per heavy atom. The predicted molar refractivity (Wildman–Crippen MR) is 124 cm³/mol. The third-order valence-electron chi connectivity index (χ3n) is 7.32. The third-order valence-corrected chi connectivity index (χ3v) is 7.32. The maximum absolute atomic E-state index is 13.7. The van der Waals surface area contributed by atoms with Crippen molar-refractivity contribution in [2.45, 2.75) is 44.1 Å². The number of aliphatic imine (C=N–C) groups is 1. The van der Waals surface area contributed by atoms with Crippen molar-refractivity contribution in [3.8, 4) is 0 Å². The van der Waals surface area contributed by atoms with Crippen LogP contribution in [0.1, 0.15) is 42.4 Å². The van der Waals surface area contributed by atoms with Crippen LogP contribution in [0.3, 0.4) is 0 Å². The van der Waals surface area contributed by atoms with Crippen LogP contribution in [-0.4, -0.2) is 68.6 Å². The highest BCUT2D eigenvalue weighted by Crippen LogP contribution is 2.44. The molecular weight excluding hydrogens is 440 g/mol. The zero-order valence-electron chi connectivity index (χ0n) is 18.9. The lowest BCUT2D eigenvalue weighted by atomic mass is 9.74. The molecule has 8 nitrogen and oxygen atoms in total. The first-order chi connectivity index (χ1) is 16.4. The molecule has 2 fully saturated rings. The minimum Gasteiger partial charge on any atom is -0.355 e. The zero-order valence-corrected chi connectivity index (χ0v) is 18.9. The average molecular weight is 466 g/mol. The number of para-hydroxylation sites is 1. The number of likely N-dealkylation sites (tertiary alicyclic amines) is 1. The van der Waals surface area contributed by atoms with E-state index in [2.05, 4.69) is 43.2 Å². The van der Waals surface area contributed by atoms with E-state index in [9.17, 15) is 13.6 Å². The van der Waals surface area contributed by atoms with Crippen molar-refractivity contribution in [1.29, 1.82) is 0 Å². The number of imidazole rings is 1. The van der Waals surface area contributed by atoms with Crippen molar-refractivity contribution in [2.75, 3.05) is 31.1 Å². The number of aromatic nitrogens is 4. The summed E-state index contributed by atoms with van der Waals surface area (Å²) in [4.78, 5) is 34.6. The number of hydrogen-bond acceptors (Lipinski definition) is 6. The van der Waals surface area contributed by atoms with Crippen LogP contribution >= 0.6 is 0 Å². The number of nitrogens with zero attached hydrogens (tertiary/aromatic N) is 7. The van der Waals surface area contributed by atoms with Crippen LogP contribution in [0.15, 0.2) is 35.6 Å². The maximum atomic E-state index is 13.7. The molecule has 3 aliphatic rings. The molecule has 10 heteroatoms. The van der Waals surface area contributed by atoms with Crippen LogP contribution < -0.4 is 4.90 Å². The second-order valence-corrected chi connectivity index (χ2v) is 9.30. The van der Waals surface area contributed by atoms with Gasteiger partial charge in [0.25, 0.3) is 11.8 Å². The number of halogens is 2. The van der Waals surface area contributed by atoms with Crippen molar-refractivity contribution in [3.05, 3.63) is 42.0 Å². The van der Waals surface area contributed by atoms with Gasteiger partial charge in [-0.15, -0.1) is 0 Å². The van der Waals surface area contributed by atoms with Gasteiger partial charge in [0.05, 0.1) is 12.2 Å². The van der Waals surface area contributed by atoms with E-state index in [1.807, 2.05) is 19.1 Å². The highest BCUT2D eigenvalue weighted by molar-refractivity contribution is 5.96. The van der Waals surface area contributed by atoms with Crippen LogP contribution in [0.25, 0.3) is 11.2 Å². The van der Waals surface area contributed by atoms with Crippen molar-refractivity contribution in [1.82, 2.24) is 24.4 Å². The first-order valence-electron chi connectivity index (χ1n) is 11.7. The molecule has 3 aliphatic heterocycles. The van der Waals surface area contributed by atoms with E-state index in [0.717, 1.165) is 31.6 Å². The van der Waals surface area contributed by atoms with Crippen molar-refractivity contribution in [2.24, 2.45) is 4.99 Å². The highest BCUT2D eigenvalue weighted by Gasteiger charge is 2.42. The Morgan fingerprint density at radius 3 is 2.62 bits per heavy atom. The van der Waals surface area contributed by atoms with E-state index in [0.29, 0.717) is 23.5 Å². The molecule has 0 N–H and O–H groups in total. The Bertz CT molecular complexity index is 1310. The molecule has 1 aromatic carbocycles. The van der Waals surface area contributed by atoms with Gasteiger partial charge in [-0.05, 0) is 31.4 Å². The second kappa shape index (κ2) is 7.54. The number of carbonyl (C=O) groups is 1. The maximum Gasteiger partial charge on any atom is 0.290 e. The van der Waals surface area contributed by atoms with Gasteiger partial charge in [-0.25, -0.2) is 23.7 Å². The fourth-order valence-electron chi connectivity index (χ4n) is 5.46. The summed E-state index contributed by atoms with van der Waals surface area (Å²) in [6.45, 7) is 3.30. The molecule has 0 aliphatic carbocycles. The molecule has 0 atom stereocenters. The number of fused-ring (bicyclic) bond motifs is 3. The number of alkyl halides is 2. The van der Waals surface area contributed by atoms with Crippen molar-refractivity contribution < 1.29 is 13.6 Å². The second-order valence-electron chi connectivity index (χ2n) is 9.30. The van der Waals surface area contributed by atoms with Crippen LogP contribution in [0.2, 0.25) is 0 Å². The molecule has 0 saturated carbocycles. The lowest BCUT2D eigenvalue weighted by molar-refractivity contribution is 0.0118. The minimum absolute atomic E-state index is 0.0223. The number of hydrogen-bond donors (Lipinski definition) is 0. The SMILES string of the molecule is CCn1c(C(=O)N2CCC(F)(F)C2)nc2c(N3CCC4(C=Nc5ccccc54)CC3)ncnc21. The number of anilines is 1. The molecule has 2 saturated heterocycles. The van der Waals surface area contributed by atoms with Gasteiger partial charge in [0.2, 0.25) is 5.82 Å². The monoisotopic (exact) mass is 465 g/mol. The number of aryl methyl sites for hydroxylation is 1. The molecule has 1 amide bonds. The van der Waals surface area contributed by atoms with Crippen LogP contribution in [0, 0.1) is 0 Å². The number of piperidine rings is 1. The molecule has 34 heavy (non-hydrogen) atoms. The van der Waals surface area contributed by atoms with Gasteiger partial charge >= 0.3 is 0 Å². The molecule has 2 aromatic heterocycles. The summed E-state index contributed by atoms with van der Waals surface area (Å²) in [5, 5.41) is 0. The standard InChI is InChI=1S/C24H25F2N7O/c1-2-33-20-18(30-21(33)22(34)32-12-9-24(25,26)14-32)19(28-15-29-20)31-10-7-23(8-11-31)13-27-17-6-4-3-5-16(17)23/h3-6,13,15H,2,7-12,14H2,1H3. The van der Waals surface area contributed by atoms with Gasteiger partial charge in [0, 0.05) is 44.2 Å². The lowest BCUT2D eigenvalue weighted by Gasteiger charge is -2.38. The molecular formula is C24H25F2N7O.